The molecule has 0 aromatic carbocycles. The van der Waals surface area contributed by atoms with Crippen molar-refractivity contribution in [1.82, 2.24) is 0 Å². The lowest BCUT2D eigenvalue weighted by atomic mass is 10.2. The predicted molar refractivity (Wildman–Crippen MR) is 81.7 cm³/mol. The van der Waals surface area contributed by atoms with E-state index in [1.54, 1.807) is 0 Å². The van der Waals surface area contributed by atoms with Crippen molar-refractivity contribution in [1.29, 1.82) is 0 Å². The first-order chi connectivity index (χ1) is 7.52. The largest absolute Gasteiger partial charge is 0.420 e. The predicted octanol–water partition coefficient (Wildman–Crippen LogP) is 4.64. The van der Waals surface area contributed by atoms with Crippen LogP contribution in [0.15, 0.2) is 0 Å². The molecule has 0 saturated heterocycles. The monoisotopic (exact) mass is 276 g/mol. The van der Waals surface area contributed by atoms with Crippen molar-refractivity contribution in [2.45, 2.75) is 70.9 Å². The van der Waals surface area contributed by atoms with Gasteiger partial charge in [0.25, 0.3) is 0 Å². The Labute approximate surface area is 110 Å². The fourth-order valence-corrected chi connectivity index (χ4v) is 3.69. The van der Waals surface area contributed by atoms with Crippen LogP contribution in [0.1, 0.15) is 33.6 Å². The molecular formula is C13H32O2Si2. The number of hydrogen-bond donors (Lipinski definition) is 0. The highest BCUT2D eigenvalue weighted by Crippen LogP contribution is 2.36. The van der Waals surface area contributed by atoms with E-state index in [2.05, 4.69) is 47.0 Å². The summed E-state index contributed by atoms with van der Waals surface area (Å²) in [6.45, 7) is 17.0. The molecule has 0 radical (unpaired) electrons. The van der Waals surface area contributed by atoms with Crippen LogP contribution in [-0.2, 0) is 8.85 Å². The van der Waals surface area contributed by atoms with E-state index in [1.807, 2.05) is 7.11 Å². The van der Waals surface area contributed by atoms with E-state index in [0.29, 0.717) is 5.04 Å². The molecule has 0 bridgehead atoms. The molecule has 0 aromatic rings. The van der Waals surface area contributed by atoms with Crippen molar-refractivity contribution in [3.8, 4) is 0 Å². The van der Waals surface area contributed by atoms with E-state index >= 15 is 0 Å². The van der Waals surface area contributed by atoms with Crippen molar-refractivity contribution in [2.75, 3.05) is 13.7 Å². The SMILES string of the molecule is CO[Si](C)(C)CCCCO[Si](C)(C)C(C)(C)C. The Kier molecular flexibility index (Phi) is 6.64. The summed E-state index contributed by atoms with van der Waals surface area (Å²) in [5, 5.41) is 0.327. The van der Waals surface area contributed by atoms with Crippen molar-refractivity contribution >= 4 is 16.6 Å². The molecule has 0 aromatic heterocycles. The van der Waals surface area contributed by atoms with E-state index < -0.39 is 16.6 Å². The molecule has 0 aliphatic heterocycles. The Morgan fingerprint density at radius 2 is 1.47 bits per heavy atom. The topological polar surface area (TPSA) is 18.5 Å². The summed E-state index contributed by atoms with van der Waals surface area (Å²) in [7, 11) is -1.04. The zero-order valence-electron chi connectivity index (χ0n) is 13.1. The van der Waals surface area contributed by atoms with Gasteiger partial charge in [0, 0.05) is 13.7 Å². The van der Waals surface area contributed by atoms with Crippen molar-refractivity contribution < 1.29 is 8.85 Å². The lowest BCUT2D eigenvalue weighted by Crippen LogP contribution is -2.41. The smallest absolute Gasteiger partial charge is 0.191 e. The maximum Gasteiger partial charge on any atom is 0.191 e. The summed E-state index contributed by atoms with van der Waals surface area (Å²) in [5.41, 5.74) is 0. The van der Waals surface area contributed by atoms with E-state index in [0.717, 1.165) is 6.61 Å². The maximum absolute atomic E-state index is 6.16. The minimum absolute atomic E-state index is 0.327. The Bertz CT molecular complexity index is 220. The van der Waals surface area contributed by atoms with Gasteiger partial charge in [0.15, 0.2) is 16.6 Å². The normalized spacial score (nSPS) is 14.1. The Morgan fingerprint density at radius 3 is 1.88 bits per heavy atom. The Hall–Kier alpha value is 0.354. The minimum Gasteiger partial charge on any atom is -0.420 e. The molecule has 0 atom stereocenters. The summed E-state index contributed by atoms with van der Waals surface area (Å²) in [6.07, 6.45) is 2.41. The van der Waals surface area contributed by atoms with Gasteiger partial charge >= 0.3 is 0 Å². The standard InChI is InChI=1S/C13H32O2Si2/c1-13(2,3)17(7,8)15-11-9-10-12-16(5,6)14-4/h9-12H2,1-8H3. The highest BCUT2D eigenvalue weighted by atomic mass is 28.4. The Balaban J connectivity index is 3.80. The molecule has 0 unspecified atom stereocenters. The molecular weight excluding hydrogens is 244 g/mol. The van der Waals surface area contributed by atoms with Crippen LogP contribution in [0.2, 0.25) is 37.3 Å². The molecule has 0 rings (SSSR count). The van der Waals surface area contributed by atoms with Crippen LogP contribution >= 0.6 is 0 Å². The molecule has 0 spiro atoms. The van der Waals surface area contributed by atoms with Gasteiger partial charge in [-0.1, -0.05) is 27.2 Å². The Morgan fingerprint density at radius 1 is 0.941 bits per heavy atom. The summed E-state index contributed by atoms with van der Waals surface area (Å²) in [6, 6.07) is 1.24. The van der Waals surface area contributed by atoms with Crippen LogP contribution in [0.25, 0.3) is 0 Å². The highest BCUT2D eigenvalue weighted by molar-refractivity contribution is 6.74. The molecule has 2 nitrogen and oxygen atoms in total. The van der Waals surface area contributed by atoms with Crippen LogP contribution < -0.4 is 0 Å². The fraction of sp³-hybridized carbons (Fsp3) is 1.00. The highest BCUT2D eigenvalue weighted by Gasteiger charge is 2.36. The van der Waals surface area contributed by atoms with E-state index in [-0.39, 0.29) is 0 Å². The lowest BCUT2D eigenvalue weighted by Gasteiger charge is -2.36. The van der Waals surface area contributed by atoms with Gasteiger partial charge in [-0.05, 0) is 43.7 Å². The first-order valence-electron chi connectivity index (χ1n) is 6.71. The zero-order chi connectivity index (χ0) is 13.7. The van der Waals surface area contributed by atoms with Gasteiger partial charge < -0.3 is 8.85 Å². The average Bonchev–Trinajstić information content (AvgIpc) is 2.15. The molecule has 4 heteroatoms. The molecule has 0 saturated carbocycles. The van der Waals surface area contributed by atoms with Crippen LogP contribution in [-0.4, -0.2) is 30.4 Å². The summed E-state index contributed by atoms with van der Waals surface area (Å²) in [5.74, 6) is 0. The third-order valence-corrected chi connectivity index (χ3v) is 11.2. The van der Waals surface area contributed by atoms with Gasteiger partial charge in [-0.25, -0.2) is 0 Å². The second-order valence-electron chi connectivity index (χ2n) is 7.03. The first-order valence-corrected chi connectivity index (χ1v) is 12.7. The van der Waals surface area contributed by atoms with Gasteiger partial charge in [0.1, 0.15) is 0 Å². The van der Waals surface area contributed by atoms with Gasteiger partial charge in [0.05, 0.1) is 0 Å². The number of hydrogen-bond acceptors (Lipinski definition) is 2. The third-order valence-electron chi connectivity index (χ3n) is 3.99. The third kappa shape index (κ3) is 6.74. The summed E-state index contributed by atoms with van der Waals surface area (Å²) >= 11 is 0. The minimum atomic E-state index is -1.53. The quantitative estimate of drug-likeness (QED) is 0.498. The average molecular weight is 277 g/mol. The second kappa shape index (κ2) is 6.50. The molecule has 0 aliphatic carbocycles. The van der Waals surface area contributed by atoms with Crippen LogP contribution in [0.3, 0.4) is 0 Å². The van der Waals surface area contributed by atoms with Gasteiger partial charge in [-0.3, -0.25) is 0 Å². The molecule has 0 amide bonds. The molecule has 0 N–H and O–H groups in total. The van der Waals surface area contributed by atoms with E-state index in [1.165, 1.54) is 18.9 Å². The molecule has 104 valence electrons. The maximum atomic E-state index is 6.16. The fourth-order valence-electron chi connectivity index (χ4n) is 1.30. The van der Waals surface area contributed by atoms with Crippen molar-refractivity contribution in [2.24, 2.45) is 0 Å². The molecule has 0 heterocycles. The van der Waals surface area contributed by atoms with E-state index in [9.17, 15) is 0 Å². The second-order valence-corrected chi connectivity index (χ2v) is 16.3. The van der Waals surface area contributed by atoms with Crippen molar-refractivity contribution in [3.63, 3.8) is 0 Å². The molecule has 0 aliphatic rings. The lowest BCUT2D eigenvalue weighted by molar-refractivity contribution is 0.280. The number of rotatable bonds is 7. The van der Waals surface area contributed by atoms with Crippen LogP contribution in [0.4, 0.5) is 0 Å². The van der Waals surface area contributed by atoms with Gasteiger partial charge in [-0.15, -0.1) is 0 Å². The summed E-state index contributed by atoms with van der Waals surface area (Å²) in [4.78, 5) is 0. The molecule has 0 fully saturated rings. The first kappa shape index (κ1) is 17.4. The zero-order valence-corrected chi connectivity index (χ0v) is 15.1. The molecule has 17 heavy (non-hydrogen) atoms. The van der Waals surface area contributed by atoms with Gasteiger partial charge in [0.2, 0.25) is 0 Å². The summed E-state index contributed by atoms with van der Waals surface area (Å²) < 4.78 is 11.7. The number of unbranched alkanes of at least 4 members (excludes halogenated alkanes) is 1. The van der Waals surface area contributed by atoms with E-state index in [4.69, 9.17) is 8.85 Å². The van der Waals surface area contributed by atoms with Gasteiger partial charge in [-0.2, -0.15) is 0 Å². The van der Waals surface area contributed by atoms with Crippen LogP contribution in [0, 0.1) is 0 Å². The van der Waals surface area contributed by atoms with Crippen molar-refractivity contribution in [3.05, 3.63) is 0 Å². The van der Waals surface area contributed by atoms with Crippen LogP contribution in [0.5, 0.6) is 0 Å².